The molecule has 0 spiro atoms. The maximum absolute atomic E-state index is 14.3. The predicted molar refractivity (Wildman–Crippen MR) is 276 cm³/mol. The number of carbonyl (C=O) groups excluding carboxylic acids is 12. The highest BCUT2D eigenvalue weighted by Gasteiger charge is 2.43. The van der Waals surface area contributed by atoms with Crippen LogP contribution in [0.5, 0.6) is 0 Å². The molecular formula is C50H85N11O15. The molecule has 0 saturated carbocycles. The van der Waals surface area contributed by atoms with E-state index in [-0.39, 0.29) is 19.4 Å². The van der Waals surface area contributed by atoms with E-state index in [0.29, 0.717) is 0 Å². The fourth-order valence-corrected chi connectivity index (χ4v) is 7.95. The second-order valence-corrected chi connectivity index (χ2v) is 20.0. The highest BCUT2D eigenvalue weighted by Crippen LogP contribution is 2.20. The van der Waals surface area contributed by atoms with Crippen LogP contribution in [0.3, 0.4) is 0 Å². The zero-order valence-electron chi connectivity index (χ0n) is 47.5. The van der Waals surface area contributed by atoms with E-state index in [0.717, 1.165) is 29.4 Å². The maximum Gasteiger partial charge on any atom is 0.302 e. The molecule has 1 heterocycles. The predicted octanol–water partition coefficient (Wildman–Crippen LogP) is -2.91. The molecule has 0 aromatic carbocycles. The van der Waals surface area contributed by atoms with Crippen LogP contribution in [0.2, 0.25) is 0 Å². The van der Waals surface area contributed by atoms with Crippen LogP contribution in [0.15, 0.2) is 12.2 Å². The number of carbonyl (C=O) groups is 12. The molecule has 0 aromatic heterocycles. The second-order valence-electron chi connectivity index (χ2n) is 20.0. The number of likely N-dealkylation sites (N-methyl/N-ethyl adjacent to an activating group) is 6. The Morgan fingerprint density at radius 2 is 1.03 bits per heavy atom. The zero-order valence-corrected chi connectivity index (χ0v) is 47.5. The Labute approximate surface area is 446 Å². The van der Waals surface area contributed by atoms with Crippen molar-refractivity contribution in [2.45, 2.75) is 169 Å². The topological polar surface area (TPSA) is 334 Å². The van der Waals surface area contributed by atoms with Crippen LogP contribution in [-0.4, -0.2) is 239 Å². The van der Waals surface area contributed by atoms with Crippen molar-refractivity contribution in [3.8, 4) is 0 Å². The van der Waals surface area contributed by atoms with E-state index in [1.807, 2.05) is 0 Å². The van der Waals surface area contributed by atoms with Gasteiger partial charge in [-0.2, -0.15) is 0 Å². The lowest BCUT2D eigenvalue weighted by Crippen LogP contribution is -2.63. The first-order valence-electron chi connectivity index (χ1n) is 25.2. The summed E-state index contributed by atoms with van der Waals surface area (Å²) in [5.74, 6) is -11.0. The molecule has 1 saturated heterocycles. The molecule has 11 amide bonds. The number of nitrogens with one attached hydrogen (secondary N) is 5. The number of rotatable bonds is 9. The third-order valence-corrected chi connectivity index (χ3v) is 13.7. The van der Waals surface area contributed by atoms with Gasteiger partial charge in [-0.1, -0.05) is 26.0 Å². The number of aliphatic hydroxyl groups is 2. The lowest BCUT2D eigenvalue weighted by atomic mass is 9.92. The maximum atomic E-state index is 14.3. The Balaban J connectivity index is 3.93. The monoisotopic (exact) mass is 1080 g/mol. The van der Waals surface area contributed by atoms with Gasteiger partial charge in [-0.25, -0.2) is 0 Å². The molecule has 0 aromatic rings. The molecule has 430 valence electrons. The summed E-state index contributed by atoms with van der Waals surface area (Å²) in [5, 5.41) is 35.1. The summed E-state index contributed by atoms with van der Waals surface area (Å²) in [6.45, 7) is 16.0. The number of nitrogens with zero attached hydrogens (tertiary/aromatic N) is 6. The number of ether oxygens (including phenoxy) is 1. The highest BCUT2D eigenvalue weighted by molar-refractivity contribution is 5.99. The molecule has 0 unspecified atom stereocenters. The molecule has 1 rings (SSSR count). The van der Waals surface area contributed by atoms with Crippen molar-refractivity contribution in [1.82, 2.24) is 56.0 Å². The van der Waals surface area contributed by atoms with Crippen LogP contribution >= 0.6 is 0 Å². The zero-order chi connectivity index (χ0) is 59.0. The molecule has 1 fully saturated rings. The molecule has 0 bridgehead atoms. The average Bonchev–Trinajstić information content (AvgIpc) is 3.36. The summed E-state index contributed by atoms with van der Waals surface area (Å²) < 4.78 is 5.14. The van der Waals surface area contributed by atoms with Gasteiger partial charge in [-0.05, 0) is 87.0 Å². The number of hydrogen-bond acceptors (Lipinski definition) is 15. The van der Waals surface area contributed by atoms with E-state index in [9.17, 15) is 67.7 Å². The number of hydrogen-bond donors (Lipinski definition) is 7. The lowest BCUT2D eigenvalue weighted by Gasteiger charge is -2.38. The number of allylic oxidation sites excluding steroid dienone is 2. The quantitative estimate of drug-likeness (QED) is 0.0900. The average molecular weight is 1080 g/mol. The summed E-state index contributed by atoms with van der Waals surface area (Å²) >= 11 is 0. The number of aliphatic hydroxyl groups excluding tert-OH is 2. The summed E-state index contributed by atoms with van der Waals surface area (Å²) in [6.07, 6.45) is 0.366. The van der Waals surface area contributed by atoms with Gasteiger partial charge in [0.05, 0.1) is 25.4 Å². The van der Waals surface area contributed by atoms with Crippen molar-refractivity contribution in [2.24, 2.45) is 11.8 Å². The molecule has 26 heteroatoms. The van der Waals surface area contributed by atoms with Gasteiger partial charge in [0.15, 0.2) is 0 Å². The minimum atomic E-state index is -1.75. The minimum Gasteiger partial charge on any atom is -0.466 e. The Kier molecular flexibility index (Phi) is 26.7. The van der Waals surface area contributed by atoms with E-state index < -0.39 is 162 Å². The summed E-state index contributed by atoms with van der Waals surface area (Å²) in [6, 6.07) is -13.8. The minimum absolute atomic E-state index is 0.110. The fraction of sp³-hybridized carbons (Fsp3) is 0.720. The van der Waals surface area contributed by atoms with Crippen LogP contribution in [0, 0.1) is 11.8 Å². The van der Waals surface area contributed by atoms with E-state index in [1.165, 1.54) is 105 Å². The SMILES string of the molecule is C/C=C/C[C@@H](C)[C@@H](O)[C@H]1C(=O)N[C@@H]([C@@H](C)O)C(=O)N(C)CC(=O)N(C)[C@@H](C)C(=O)N[C@@H](C)C(=O)N(C)[C@@H](C)C(=O)N[C@@H](C)C(=O)N[C@H](C)C(=O)N(C)[C@@H](C[C@H](C)COC(C)=O)C(=O)N[C@@H](C)C(=O)N(C)[C@@H](C)C(=O)N1C. The Morgan fingerprint density at radius 3 is 1.51 bits per heavy atom. The van der Waals surface area contributed by atoms with Crippen LogP contribution in [0.25, 0.3) is 0 Å². The largest absolute Gasteiger partial charge is 0.466 e. The van der Waals surface area contributed by atoms with Gasteiger partial charge in [-0.3, -0.25) is 57.5 Å². The standard InChI is InChI=1S/C50H85N11O15/c1-19-20-21-26(3)40(65)39-45(70)55-38(34(11)62)50(75)56(13)23-37(64)57(14)31(8)42(67)53-28(5)46(71)58(15)32(9)43(68)51-27(4)41(66)52-30(7)48(73)60(17)36(22-25(2)24-76-35(12)63)44(69)54-29(6)47(72)59(16)33(10)49(74)61(39)18/h19-20,25-34,36,38-40,62,65H,21-24H2,1-18H3,(H,51,68)(H,52,66)(H,53,67)(H,54,69)(H,55,70)/b20-19+/t25-,26+,27-,28-,29-,30+,31-,32-,33-,34+,36-,38-,39-,40+/m0/s1. The molecule has 0 radical (unpaired) electrons. The van der Waals surface area contributed by atoms with Crippen LogP contribution in [-0.2, 0) is 62.3 Å². The summed E-state index contributed by atoms with van der Waals surface area (Å²) in [7, 11) is 7.52. The molecule has 0 aliphatic carbocycles. The molecular weight excluding hydrogens is 995 g/mol. The third-order valence-electron chi connectivity index (χ3n) is 13.7. The Hall–Kier alpha value is -6.70. The van der Waals surface area contributed by atoms with Crippen LogP contribution < -0.4 is 26.6 Å². The number of amides is 11. The lowest BCUT2D eigenvalue weighted by molar-refractivity contribution is -0.153. The molecule has 1 aliphatic heterocycles. The van der Waals surface area contributed by atoms with Gasteiger partial charge in [-0.15, -0.1) is 0 Å². The van der Waals surface area contributed by atoms with E-state index in [4.69, 9.17) is 4.74 Å². The first-order valence-corrected chi connectivity index (χ1v) is 25.2. The van der Waals surface area contributed by atoms with Gasteiger partial charge in [0.25, 0.3) is 0 Å². The molecule has 26 nitrogen and oxygen atoms in total. The molecule has 76 heavy (non-hydrogen) atoms. The second kappa shape index (κ2) is 30.1. The van der Waals surface area contributed by atoms with Crippen molar-refractivity contribution in [3.05, 3.63) is 12.2 Å². The first-order chi connectivity index (χ1) is 35.0. The van der Waals surface area contributed by atoms with Crippen LogP contribution in [0.1, 0.15) is 95.9 Å². The van der Waals surface area contributed by atoms with Crippen molar-refractivity contribution in [1.29, 1.82) is 0 Å². The van der Waals surface area contributed by atoms with E-state index in [2.05, 4.69) is 26.6 Å². The smallest absolute Gasteiger partial charge is 0.302 e. The van der Waals surface area contributed by atoms with Gasteiger partial charge in [0.1, 0.15) is 60.4 Å². The summed E-state index contributed by atoms with van der Waals surface area (Å²) in [5.41, 5.74) is 0. The first kappa shape index (κ1) is 67.3. The van der Waals surface area contributed by atoms with Gasteiger partial charge < -0.3 is 70.9 Å². The van der Waals surface area contributed by atoms with Gasteiger partial charge >= 0.3 is 5.97 Å². The van der Waals surface area contributed by atoms with Crippen molar-refractivity contribution in [3.63, 3.8) is 0 Å². The van der Waals surface area contributed by atoms with Gasteiger partial charge in [0.2, 0.25) is 65.0 Å². The van der Waals surface area contributed by atoms with E-state index >= 15 is 0 Å². The van der Waals surface area contributed by atoms with Crippen molar-refractivity contribution < 1.29 is 72.5 Å². The molecule has 14 atom stereocenters. The van der Waals surface area contributed by atoms with Crippen molar-refractivity contribution >= 4 is 70.9 Å². The van der Waals surface area contributed by atoms with Crippen LogP contribution in [0.4, 0.5) is 0 Å². The Morgan fingerprint density at radius 1 is 0.579 bits per heavy atom. The third kappa shape index (κ3) is 18.5. The summed E-state index contributed by atoms with van der Waals surface area (Å²) in [4.78, 5) is 169. The van der Waals surface area contributed by atoms with Gasteiger partial charge in [0, 0.05) is 49.2 Å². The molecule has 1 aliphatic rings. The molecule has 7 N–H and O–H groups in total. The fourth-order valence-electron chi connectivity index (χ4n) is 7.95. The normalized spacial score (nSPS) is 28.8. The van der Waals surface area contributed by atoms with E-state index in [1.54, 1.807) is 32.9 Å². The Bertz CT molecular complexity index is 2160. The highest BCUT2D eigenvalue weighted by atomic mass is 16.5. The number of esters is 1. The van der Waals surface area contributed by atoms with Crippen molar-refractivity contribution in [2.75, 3.05) is 55.4 Å².